The summed E-state index contributed by atoms with van der Waals surface area (Å²) < 4.78 is 0. The molecule has 0 aromatic carbocycles. The number of aliphatic hydroxyl groups is 2. The Morgan fingerprint density at radius 2 is 1.81 bits per heavy atom. The fourth-order valence-corrected chi connectivity index (χ4v) is 3.72. The van der Waals surface area contributed by atoms with Crippen LogP contribution in [0, 0.1) is 5.92 Å². The fraction of sp³-hybridized carbons (Fsp3) is 0.526. The van der Waals surface area contributed by atoms with Crippen LogP contribution >= 0.6 is 0 Å². The van der Waals surface area contributed by atoms with Crippen molar-refractivity contribution in [2.75, 3.05) is 23.3 Å². The lowest BCUT2D eigenvalue weighted by Crippen LogP contribution is -2.37. The van der Waals surface area contributed by atoms with Crippen molar-refractivity contribution in [3.63, 3.8) is 0 Å². The standard InChI is InChI=1S/C19H25N5O2/c25-14-5-9-24(10-6-14)17-4-8-21-19(22-17)23-18(13-11-15(26)12-13)16-3-1-2-7-20-16/h1-4,7-8,13-15,18,25-26H,5-6,9-12H2,(H,21,22,23)/t13?,15?,18-/m1/s1. The zero-order chi connectivity index (χ0) is 17.9. The lowest BCUT2D eigenvalue weighted by molar-refractivity contribution is 0.0333. The van der Waals surface area contributed by atoms with Gasteiger partial charge in [0, 0.05) is 25.5 Å². The first-order valence-corrected chi connectivity index (χ1v) is 9.30. The van der Waals surface area contributed by atoms with E-state index in [0.29, 0.717) is 11.9 Å². The largest absolute Gasteiger partial charge is 0.393 e. The number of piperidine rings is 1. The normalized spacial score (nSPS) is 24.8. The minimum Gasteiger partial charge on any atom is -0.393 e. The van der Waals surface area contributed by atoms with Gasteiger partial charge in [0.25, 0.3) is 0 Å². The van der Waals surface area contributed by atoms with E-state index in [1.54, 1.807) is 12.4 Å². The van der Waals surface area contributed by atoms with Gasteiger partial charge in [-0.05, 0) is 49.8 Å². The molecule has 2 fully saturated rings. The summed E-state index contributed by atoms with van der Waals surface area (Å²) in [5.41, 5.74) is 0.944. The quantitative estimate of drug-likeness (QED) is 0.752. The highest BCUT2D eigenvalue weighted by molar-refractivity contribution is 5.44. The Balaban J connectivity index is 1.51. The Morgan fingerprint density at radius 1 is 1.00 bits per heavy atom. The lowest BCUT2D eigenvalue weighted by atomic mass is 9.76. The molecule has 3 N–H and O–H groups in total. The average molecular weight is 355 g/mol. The molecule has 1 saturated heterocycles. The Labute approximate surface area is 153 Å². The smallest absolute Gasteiger partial charge is 0.225 e. The molecule has 0 spiro atoms. The highest BCUT2D eigenvalue weighted by Gasteiger charge is 2.36. The van der Waals surface area contributed by atoms with Crippen molar-refractivity contribution >= 4 is 11.8 Å². The molecule has 0 unspecified atom stereocenters. The molecule has 0 bridgehead atoms. The zero-order valence-electron chi connectivity index (χ0n) is 14.7. The molecule has 2 aliphatic rings. The average Bonchev–Trinajstić information content (AvgIpc) is 2.65. The summed E-state index contributed by atoms with van der Waals surface area (Å²) in [6.45, 7) is 1.60. The predicted octanol–water partition coefficient (Wildman–Crippen LogP) is 1.76. The van der Waals surface area contributed by atoms with Crippen LogP contribution in [0.15, 0.2) is 36.7 Å². The number of nitrogens with zero attached hydrogens (tertiary/aromatic N) is 4. The predicted molar refractivity (Wildman–Crippen MR) is 98.8 cm³/mol. The number of anilines is 2. The lowest BCUT2D eigenvalue weighted by Gasteiger charge is -2.37. The van der Waals surface area contributed by atoms with Crippen LogP contribution in [0.2, 0.25) is 0 Å². The third-order valence-electron chi connectivity index (χ3n) is 5.34. The van der Waals surface area contributed by atoms with E-state index in [1.807, 2.05) is 24.3 Å². The van der Waals surface area contributed by atoms with Crippen LogP contribution in [0.4, 0.5) is 11.8 Å². The summed E-state index contributed by atoms with van der Waals surface area (Å²) in [5.74, 6) is 1.77. The van der Waals surface area contributed by atoms with E-state index in [4.69, 9.17) is 0 Å². The number of nitrogens with one attached hydrogen (secondary N) is 1. The Bertz CT molecular complexity index is 715. The maximum Gasteiger partial charge on any atom is 0.225 e. The highest BCUT2D eigenvalue weighted by atomic mass is 16.3. The SMILES string of the molecule is OC1CCN(c2ccnc(N[C@@H](c3ccccn3)C3CC(O)C3)n2)CC1. The molecule has 1 saturated carbocycles. The molecule has 2 aromatic heterocycles. The van der Waals surface area contributed by atoms with Gasteiger partial charge in [0.15, 0.2) is 0 Å². The maximum absolute atomic E-state index is 9.71. The van der Waals surface area contributed by atoms with Crippen LogP contribution < -0.4 is 10.2 Å². The molecular formula is C19H25N5O2. The molecule has 0 amide bonds. The van der Waals surface area contributed by atoms with E-state index in [9.17, 15) is 10.2 Å². The number of aromatic nitrogens is 3. The van der Waals surface area contributed by atoms with Crippen molar-refractivity contribution < 1.29 is 10.2 Å². The summed E-state index contributed by atoms with van der Waals surface area (Å²) in [7, 11) is 0. The number of hydrogen-bond acceptors (Lipinski definition) is 7. The molecule has 3 heterocycles. The molecule has 4 rings (SSSR count). The molecule has 1 aliphatic carbocycles. The van der Waals surface area contributed by atoms with Crippen LogP contribution in [0.1, 0.15) is 37.4 Å². The molecule has 1 aliphatic heterocycles. The maximum atomic E-state index is 9.71. The van der Waals surface area contributed by atoms with Gasteiger partial charge in [-0.2, -0.15) is 4.98 Å². The molecular weight excluding hydrogens is 330 g/mol. The topological polar surface area (TPSA) is 94.4 Å². The van der Waals surface area contributed by atoms with Crippen molar-refractivity contribution in [1.29, 1.82) is 0 Å². The minimum atomic E-state index is -0.222. The van der Waals surface area contributed by atoms with Crippen LogP contribution in [-0.4, -0.2) is 50.5 Å². The van der Waals surface area contributed by atoms with Crippen molar-refractivity contribution in [2.24, 2.45) is 5.92 Å². The molecule has 138 valence electrons. The highest BCUT2D eigenvalue weighted by Crippen LogP contribution is 2.39. The van der Waals surface area contributed by atoms with Gasteiger partial charge in [-0.15, -0.1) is 0 Å². The van der Waals surface area contributed by atoms with E-state index in [1.165, 1.54) is 0 Å². The second-order valence-corrected chi connectivity index (χ2v) is 7.22. The van der Waals surface area contributed by atoms with Gasteiger partial charge in [-0.1, -0.05) is 6.07 Å². The Hall–Kier alpha value is -2.25. The first-order chi connectivity index (χ1) is 12.7. The van der Waals surface area contributed by atoms with Gasteiger partial charge in [0.2, 0.25) is 5.95 Å². The zero-order valence-corrected chi connectivity index (χ0v) is 14.7. The number of aliphatic hydroxyl groups excluding tert-OH is 2. The van der Waals surface area contributed by atoms with Crippen LogP contribution in [0.3, 0.4) is 0 Å². The van der Waals surface area contributed by atoms with Gasteiger partial charge < -0.3 is 20.4 Å². The summed E-state index contributed by atoms with van der Waals surface area (Å²) in [6, 6.07) is 7.77. The van der Waals surface area contributed by atoms with E-state index in [2.05, 4.69) is 25.2 Å². The monoisotopic (exact) mass is 355 g/mol. The molecule has 0 radical (unpaired) electrons. The fourth-order valence-electron chi connectivity index (χ4n) is 3.72. The molecule has 7 nitrogen and oxygen atoms in total. The second-order valence-electron chi connectivity index (χ2n) is 7.22. The van der Waals surface area contributed by atoms with E-state index in [-0.39, 0.29) is 18.2 Å². The third-order valence-corrected chi connectivity index (χ3v) is 5.34. The van der Waals surface area contributed by atoms with Gasteiger partial charge in [-0.3, -0.25) is 4.98 Å². The van der Waals surface area contributed by atoms with Gasteiger partial charge in [-0.25, -0.2) is 4.98 Å². The number of rotatable bonds is 5. The first-order valence-electron chi connectivity index (χ1n) is 9.30. The molecule has 7 heteroatoms. The number of hydrogen-bond donors (Lipinski definition) is 3. The summed E-state index contributed by atoms with van der Waals surface area (Å²) in [6.07, 6.45) is 6.18. The van der Waals surface area contributed by atoms with Crippen LogP contribution in [0.5, 0.6) is 0 Å². The van der Waals surface area contributed by atoms with Crippen LogP contribution in [-0.2, 0) is 0 Å². The van der Waals surface area contributed by atoms with Crippen molar-refractivity contribution in [2.45, 2.75) is 43.9 Å². The van der Waals surface area contributed by atoms with Gasteiger partial charge >= 0.3 is 0 Å². The summed E-state index contributed by atoms with van der Waals surface area (Å²) in [5, 5.41) is 22.8. The number of pyridine rings is 1. The molecule has 1 atom stereocenters. The van der Waals surface area contributed by atoms with Gasteiger partial charge in [0.1, 0.15) is 5.82 Å². The second kappa shape index (κ2) is 7.55. The minimum absolute atomic E-state index is 0.0157. The van der Waals surface area contributed by atoms with Crippen molar-refractivity contribution in [3.8, 4) is 0 Å². The van der Waals surface area contributed by atoms with Crippen molar-refractivity contribution in [1.82, 2.24) is 15.0 Å². The van der Waals surface area contributed by atoms with Gasteiger partial charge in [0.05, 0.1) is 23.9 Å². The Morgan fingerprint density at radius 3 is 2.50 bits per heavy atom. The molecule has 26 heavy (non-hydrogen) atoms. The first kappa shape index (κ1) is 17.2. The third kappa shape index (κ3) is 3.78. The van der Waals surface area contributed by atoms with Crippen LogP contribution in [0.25, 0.3) is 0 Å². The molecule has 2 aromatic rings. The van der Waals surface area contributed by atoms with E-state index >= 15 is 0 Å². The summed E-state index contributed by atoms with van der Waals surface area (Å²) >= 11 is 0. The van der Waals surface area contributed by atoms with Crippen molar-refractivity contribution in [3.05, 3.63) is 42.4 Å². The van der Waals surface area contributed by atoms with E-state index < -0.39 is 0 Å². The van der Waals surface area contributed by atoms with E-state index in [0.717, 1.165) is 50.3 Å². The Kier molecular flexibility index (Phi) is 4.99. The summed E-state index contributed by atoms with van der Waals surface area (Å²) in [4.78, 5) is 15.7.